The molecule has 1 fully saturated rings. The molecule has 27 heavy (non-hydrogen) atoms. The number of hydrogen-bond acceptors (Lipinski definition) is 4. The number of carbonyl (C=O) groups is 1. The molecule has 0 amide bonds. The number of allylic oxidation sites excluding steroid dienone is 2. The highest BCUT2D eigenvalue weighted by Crippen LogP contribution is 2.43. The average Bonchev–Trinajstić information content (AvgIpc) is 2.78. The Hall–Kier alpha value is -0.805. The minimum atomic E-state index is -0.568. The van der Waals surface area contributed by atoms with Crippen LogP contribution in [0.2, 0.25) is 5.82 Å². The Labute approximate surface area is 167 Å². The van der Waals surface area contributed by atoms with E-state index < -0.39 is 5.41 Å². The van der Waals surface area contributed by atoms with Gasteiger partial charge in [0.2, 0.25) is 0 Å². The van der Waals surface area contributed by atoms with Gasteiger partial charge in [-0.05, 0) is 67.7 Å². The Morgan fingerprint density at radius 2 is 1.67 bits per heavy atom. The molecule has 1 heterocycles. The van der Waals surface area contributed by atoms with E-state index in [1.54, 1.807) is 0 Å². The van der Waals surface area contributed by atoms with Gasteiger partial charge in [-0.25, -0.2) is 0 Å². The molecule has 0 bridgehead atoms. The highest BCUT2D eigenvalue weighted by atomic mass is 16.7. The summed E-state index contributed by atoms with van der Waals surface area (Å²) in [7, 11) is -0.255. The fraction of sp³-hybridized carbons (Fsp3) is 0.864. The summed E-state index contributed by atoms with van der Waals surface area (Å²) in [6.07, 6.45) is 5.53. The van der Waals surface area contributed by atoms with E-state index in [0.717, 1.165) is 19.3 Å². The summed E-state index contributed by atoms with van der Waals surface area (Å²) in [5.74, 6) is 0.0977. The number of ether oxygens (including phenoxy) is 1. The molecule has 0 aliphatic carbocycles. The second kappa shape index (κ2) is 9.13. The third kappa shape index (κ3) is 5.60. The van der Waals surface area contributed by atoms with Crippen LogP contribution < -0.4 is 0 Å². The molecule has 1 saturated heterocycles. The predicted octanol–water partition coefficient (Wildman–Crippen LogP) is 5.81. The van der Waals surface area contributed by atoms with Crippen LogP contribution >= 0.6 is 0 Å². The molecule has 0 spiro atoms. The number of esters is 1. The second-order valence-corrected chi connectivity index (χ2v) is 9.51. The third-order valence-corrected chi connectivity index (χ3v) is 6.56. The van der Waals surface area contributed by atoms with E-state index in [4.69, 9.17) is 14.0 Å². The molecule has 1 rings (SSSR count). The zero-order valence-electron chi connectivity index (χ0n) is 19.3. The Balaban J connectivity index is 3.05. The van der Waals surface area contributed by atoms with Crippen molar-refractivity contribution in [3.63, 3.8) is 0 Å². The molecule has 1 aliphatic rings. The zero-order chi connectivity index (χ0) is 21.0. The second-order valence-electron chi connectivity index (χ2n) is 9.51. The Bertz CT molecular complexity index is 520. The van der Waals surface area contributed by atoms with Gasteiger partial charge >= 0.3 is 13.1 Å². The molecule has 0 aromatic carbocycles. The molecule has 0 radical (unpaired) electrons. The van der Waals surface area contributed by atoms with Gasteiger partial charge in [0.15, 0.2) is 0 Å². The van der Waals surface area contributed by atoms with Crippen LogP contribution in [0.25, 0.3) is 0 Å². The van der Waals surface area contributed by atoms with Crippen LogP contribution in [0.4, 0.5) is 0 Å². The van der Waals surface area contributed by atoms with E-state index in [1.165, 1.54) is 5.57 Å². The molecular weight excluding hydrogens is 339 g/mol. The fourth-order valence-electron chi connectivity index (χ4n) is 3.35. The SMILES string of the molecule is CCCC[C@H](/C=C(\C)[C@@H](C)C(C)(C)C(=O)OCC)B1OC(C)(C)C(C)(C)O1. The summed E-state index contributed by atoms with van der Waals surface area (Å²) in [6, 6.07) is 0. The lowest BCUT2D eigenvalue weighted by molar-refractivity contribution is -0.155. The van der Waals surface area contributed by atoms with Crippen molar-refractivity contribution < 1.29 is 18.8 Å². The highest BCUT2D eigenvalue weighted by molar-refractivity contribution is 6.48. The van der Waals surface area contributed by atoms with Crippen LogP contribution in [-0.4, -0.2) is 30.9 Å². The number of rotatable bonds is 9. The third-order valence-electron chi connectivity index (χ3n) is 6.56. The standard InChI is InChI=1S/C22H41BO4/c1-11-13-14-18(23-26-21(7,8)22(9,10)27-23)15-16(3)17(4)20(5,6)19(24)25-12-2/h15,17-18H,11-14H2,1-10H3/b16-15+/t17-,18-/m1/s1. The molecular formula is C22H41BO4. The van der Waals surface area contributed by atoms with Gasteiger partial charge in [0.25, 0.3) is 0 Å². The average molecular weight is 380 g/mol. The number of hydrogen-bond donors (Lipinski definition) is 0. The van der Waals surface area contributed by atoms with E-state index in [2.05, 4.69) is 54.5 Å². The maximum atomic E-state index is 12.4. The minimum Gasteiger partial charge on any atom is -0.466 e. The number of unbranched alkanes of at least 4 members (excludes halogenated alkanes) is 1. The molecule has 0 unspecified atom stereocenters. The smallest absolute Gasteiger partial charge is 0.465 e. The Morgan fingerprint density at radius 3 is 2.11 bits per heavy atom. The summed E-state index contributed by atoms with van der Waals surface area (Å²) < 4.78 is 17.9. The van der Waals surface area contributed by atoms with Crippen molar-refractivity contribution in [1.82, 2.24) is 0 Å². The lowest BCUT2D eigenvalue weighted by atomic mass is 9.66. The van der Waals surface area contributed by atoms with E-state index in [0.29, 0.717) is 6.61 Å². The van der Waals surface area contributed by atoms with Crippen molar-refractivity contribution in [2.24, 2.45) is 11.3 Å². The first-order valence-electron chi connectivity index (χ1n) is 10.5. The van der Waals surface area contributed by atoms with Crippen molar-refractivity contribution in [3.8, 4) is 0 Å². The first kappa shape index (κ1) is 24.2. The first-order valence-corrected chi connectivity index (χ1v) is 10.5. The van der Waals surface area contributed by atoms with Crippen molar-refractivity contribution in [3.05, 3.63) is 11.6 Å². The summed E-state index contributed by atoms with van der Waals surface area (Å²) in [6.45, 7) is 20.9. The molecule has 0 aromatic heterocycles. The van der Waals surface area contributed by atoms with Gasteiger partial charge in [-0.1, -0.05) is 38.3 Å². The van der Waals surface area contributed by atoms with E-state index in [-0.39, 0.29) is 36.0 Å². The van der Waals surface area contributed by atoms with Gasteiger partial charge in [0.1, 0.15) is 0 Å². The molecule has 5 heteroatoms. The van der Waals surface area contributed by atoms with Gasteiger partial charge in [-0.15, -0.1) is 0 Å². The maximum absolute atomic E-state index is 12.4. The lowest BCUT2D eigenvalue weighted by Gasteiger charge is -2.32. The predicted molar refractivity (Wildman–Crippen MR) is 113 cm³/mol. The van der Waals surface area contributed by atoms with Gasteiger partial charge < -0.3 is 14.0 Å². The van der Waals surface area contributed by atoms with Crippen LogP contribution in [0.1, 0.15) is 88.5 Å². The monoisotopic (exact) mass is 380 g/mol. The molecule has 0 aromatic rings. The normalized spacial score (nSPS) is 21.9. The van der Waals surface area contributed by atoms with E-state index in [9.17, 15) is 4.79 Å². The Morgan fingerprint density at radius 1 is 1.15 bits per heavy atom. The van der Waals surface area contributed by atoms with Crippen LogP contribution in [0.15, 0.2) is 11.6 Å². The van der Waals surface area contributed by atoms with Crippen molar-refractivity contribution >= 4 is 13.1 Å². The highest BCUT2D eigenvalue weighted by Gasteiger charge is 2.53. The van der Waals surface area contributed by atoms with Gasteiger partial charge in [-0.2, -0.15) is 0 Å². The van der Waals surface area contributed by atoms with Gasteiger partial charge in [0.05, 0.1) is 23.2 Å². The van der Waals surface area contributed by atoms with Crippen molar-refractivity contribution in [2.45, 2.75) is 106 Å². The van der Waals surface area contributed by atoms with Gasteiger partial charge in [0, 0.05) is 5.82 Å². The molecule has 0 saturated carbocycles. The minimum absolute atomic E-state index is 0.0723. The topological polar surface area (TPSA) is 44.8 Å². The molecule has 1 aliphatic heterocycles. The van der Waals surface area contributed by atoms with E-state index >= 15 is 0 Å². The molecule has 4 nitrogen and oxygen atoms in total. The van der Waals surface area contributed by atoms with Gasteiger partial charge in [-0.3, -0.25) is 4.79 Å². The van der Waals surface area contributed by atoms with Crippen molar-refractivity contribution in [2.75, 3.05) is 6.61 Å². The first-order chi connectivity index (χ1) is 12.3. The van der Waals surface area contributed by atoms with Crippen LogP contribution in [0, 0.1) is 11.3 Å². The summed E-state index contributed by atoms with van der Waals surface area (Å²) >= 11 is 0. The fourth-order valence-corrected chi connectivity index (χ4v) is 3.35. The van der Waals surface area contributed by atoms with Crippen LogP contribution in [0.3, 0.4) is 0 Å². The molecule has 0 N–H and O–H groups in total. The van der Waals surface area contributed by atoms with Crippen LogP contribution in [-0.2, 0) is 18.8 Å². The maximum Gasteiger partial charge on any atom is 0.465 e. The largest absolute Gasteiger partial charge is 0.466 e. The summed E-state index contributed by atoms with van der Waals surface area (Å²) in [5, 5.41) is 0. The summed E-state index contributed by atoms with van der Waals surface area (Å²) in [4.78, 5) is 12.4. The molecule has 2 atom stereocenters. The zero-order valence-corrected chi connectivity index (χ0v) is 19.3. The Kier molecular flexibility index (Phi) is 8.19. The summed E-state index contributed by atoms with van der Waals surface area (Å²) in [5.41, 5.74) is -0.0508. The van der Waals surface area contributed by atoms with E-state index in [1.807, 2.05) is 20.8 Å². The number of carbonyl (C=O) groups excluding carboxylic acids is 1. The quantitative estimate of drug-likeness (QED) is 0.288. The van der Waals surface area contributed by atoms with Crippen LogP contribution in [0.5, 0.6) is 0 Å². The lowest BCUT2D eigenvalue weighted by Crippen LogP contribution is -2.41. The van der Waals surface area contributed by atoms with Crippen molar-refractivity contribution in [1.29, 1.82) is 0 Å². The molecule has 156 valence electrons.